The molecule has 1 amide bonds. The van der Waals surface area contributed by atoms with Crippen LogP contribution in [0, 0.1) is 18.7 Å². The highest BCUT2D eigenvalue weighted by Crippen LogP contribution is 2.29. The van der Waals surface area contributed by atoms with Crippen LogP contribution in [-0.4, -0.2) is 42.8 Å². The molecule has 128 valence electrons. The lowest BCUT2D eigenvalue weighted by Gasteiger charge is -2.23. The molecule has 1 aliphatic heterocycles. The normalized spacial score (nSPS) is 19.3. The first-order valence-corrected chi connectivity index (χ1v) is 9.96. The molecular weight excluding hydrogens is 339 g/mol. The van der Waals surface area contributed by atoms with Crippen molar-refractivity contribution in [2.24, 2.45) is 5.92 Å². The summed E-state index contributed by atoms with van der Waals surface area (Å²) in [6.45, 7) is 5.96. The molecule has 1 atom stereocenters. The van der Waals surface area contributed by atoms with Gasteiger partial charge in [0.05, 0.1) is 10.8 Å². The highest BCUT2D eigenvalue weighted by Gasteiger charge is 2.40. The van der Waals surface area contributed by atoms with E-state index in [0.717, 1.165) is 6.07 Å². The van der Waals surface area contributed by atoms with Gasteiger partial charge in [0, 0.05) is 12.3 Å². The third kappa shape index (κ3) is 4.05. The van der Waals surface area contributed by atoms with Gasteiger partial charge in [0.1, 0.15) is 11.9 Å². The van der Waals surface area contributed by atoms with E-state index in [1.807, 2.05) is 13.8 Å². The van der Waals surface area contributed by atoms with Crippen LogP contribution in [0.3, 0.4) is 0 Å². The number of benzene rings is 1. The number of hydrogen-bond acceptors (Lipinski definition) is 4. The Morgan fingerprint density at radius 2 is 2.17 bits per heavy atom. The fourth-order valence-corrected chi connectivity index (χ4v) is 5.44. The number of rotatable bonds is 5. The van der Waals surface area contributed by atoms with Gasteiger partial charge >= 0.3 is 0 Å². The molecule has 1 heterocycles. The Balaban J connectivity index is 2.23. The number of carbonyl (C=O) groups excluding carboxylic acids is 1. The topological polar surface area (TPSA) is 66.5 Å². The zero-order valence-corrected chi connectivity index (χ0v) is 15.0. The Bertz CT molecular complexity index is 692. The van der Waals surface area contributed by atoms with Gasteiger partial charge in [0.2, 0.25) is 15.9 Å². The van der Waals surface area contributed by atoms with Gasteiger partial charge in [0.25, 0.3) is 0 Å². The molecule has 2 rings (SSSR count). The van der Waals surface area contributed by atoms with Crippen molar-refractivity contribution in [2.45, 2.75) is 31.7 Å². The zero-order valence-electron chi connectivity index (χ0n) is 13.4. The molecule has 0 aliphatic carbocycles. The van der Waals surface area contributed by atoms with Crippen LogP contribution in [0.2, 0.25) is 0 Å². The van der Waals surface area contributed by atoms with E-state index in [0.29, 0.717) is 12.3 Å². The van der Waals surface area contributed by atoms with Crippen molar-refractivity contribution in [3.05, 3.63) is 29.6 Å². The van der Waals surface area contributed by atoms with Crippen molar-refractivity contribution in [3.63, 3.8) is 0 Å². The predicted octanol–water partition coefficient (Wildman–Crippen LogP) is 1.97. The maximum absolute atomic E-state index is 13.4. The van der Waals surface area contributed by atoms with Crippen LogP contribution >= 0.6 is 11.8 Å². The van der Waals surface area contributed by atoms with E-state index in [4.69, 9.17) is 0 Å². The third-order valence-corrected chi connectivity index (χ3v) is 6.59. The van der Waals surface area contributed by atoms with Gasteiger partial charge in [0.15, 0.2) is 0 Å². The van der Waals surface area contributed by atoms with Crippen LogP contribution in [0.15, 0.2) is 23.1 Å². The minimum absolute atomic E-state index is 0.0144. The molecule has 0 bridgehead atoms. The van der Waals surface area contributed by atoms with Crippen LogP contribution in [-0.2, 0) is 14.8 Å². The Labute approximate surface area is 140 Å². The standard InChI is InChI=1S/C15H21FN2O3S2/c1-10(2)7-17-15(19)14-8-22-9-18(14)23(20,21)12-4-5-13(16)11(3)6-12/h4-6,10,14H,7-9H2,1-3H3,(H,17,19). The summed E-state index contributed by atoms with van der Waals surface area (Å²) in [4.78, 5) is 12.3. The monoisotopic (exact) mass is 360 g/mol. The van der Waals surface area contributed by atoms with Crippen molar-refractivity contribution in [1.82, 2.24) is 9.62 Å². The largest absolute Gasteiger partial charge is 0.354 e. The molecule has 1 aromatic carbocycles. The molecule has 1 N–H and O–H groups in total. The maximum atomic E-state index is 13.4. The molecule has 23 heavy (non-hydrogen) atoms. The molecule has 1 saturated heterocycles. The van der Waals surface area contributed by atoms with Crippen LogP contribution < -0.4 is 5.32 Å². The summed E-state index contributed by atoms with van der Waals surface area (Å²) in [7, 11) is -3.83. The smallest absolute Gasteiger partial charge is 0.244 e. The third-order valence-electron chi connectivity index (χ3n) is 3.57. The molecule has 1 unspecified atom stereocenters. The fourth-order valence-electron chi connectivity index (χ4n) is 2.21. The zero-order chi connectivity index (χ0) is 17.2. The van der Waals surface area contributed by atoms with Gasteiger partial charge < -0.3 is 5.32 Å². The van der Waals surface area contributed by atoms with E-state index in [2.05, 4.69) is 5.32 Å². The Hall–Kier alpha value is -1.12. The van der Waals surface area contributed by atoms with Gasteiger partial charge in [-0.25, -0.2) is 12.8 Å². The number of carbonyl (C=O) groups is 1. The first-order valence-electron chi connectivity index (χ1n) is 7.37. The van der Waals surface area contributed by atoms with Crippen LogP contribution in [0.5, 0.6) is 0 Å². The summed E-state index contributed by atoms with van der Waals surface area (Å²) in [6.07, 6.45) is 0. The number of aryl methyl sites for hydroxylation is 1. The van der Waals surface area contributed by atoms with E-state index in [-0.39, 0.29) is 28.2 Å². The fraction of sp³-hybridized carbons (Fsp3) is 0.533. The minimum Gasteiger partial charge on any atom is -0.354 e. The second kappa shape index (κ2) is 7.19. The lowest BCUT2D eigenvalue weighted by Crippen LogP contribution is -2.47. The summed E-state index contributed by atoms with van der Waals surface area (Å²) >= 11 is 1.39. The van der Waals surface area contributed by atoms with Gasteiger partial charge in [-0.15, -0.1) is 11.8 Å². The summed E-state index contributed by atoms with van der Waals surface area (Å²) < 4.78 is 40.1. The first kappa shape index (κ1) is 18.2. The van der Waals surface area contributed by atoms with Crippen molar-refractivity contribution >= 4 is 27.7 Å². The molecule has 1 aromatic rings. The predicted molar refractivity (Wildman–Crippen MR) is 89.1 cm³/mol. The van der Waals surface area contributed by atoms with Crippen LogP contribution in [0.1, 0.15) is 19.4 Å². The summed E-state index contributed by atoms with van der Waals surface area (Å²) in [5, 5.41) is 2.78. The lowest BCUT2D eigenvalue weighted by atomic mass is 10.2. The number of halogens is 1. The van der Waals surface area contributed by atoms with Crippen molar-refractivity contribution in [1.29, 1.82) is 0 Å². The highest BCUT2D eigenvalue weighted by atomic mass is 32.2. The number of nitrogens with one attached hydrogen (secondary N) is 1. The van der Waals surface area contributed by atoms with Crippen LogP contribution in [0.4, 0.5) is 4.39 Å². The van der Waals surface area contributed by atoms with E-state index in [1.165, 1.54) is 35.1 Å². The van der Waals surface area contributed by atoms with Crippen molar-refractivity contribution < 1.29 is 17.6 Å². The molecule has 1 fully saturated rings. The van der Waals surface area contributed by atoms with E-state index < -0.39 is 21.9 Å². The molecule has 0 aromatic heterocycles. The van der Waals surface area contributed by atoms with Gasteiger partial charge in [-0.1, -0.05) is 13.8 Å². The van der Waals surface area contributed by atoms with Crippen molar-refractivity contribution in [2.75, 3.05) is 18.2 Å². The lowest BCUT2D eigenvalue weighted by molar-refractivity contribution is -0.123. The Morgan fingerprint density at radius 3 is 2.78 bits per heavy atom. The molecular formula is C15H21FN2O3S2. The van der Waals surface area contributed by atoms with Crippen LogP contribution in [0.25, 0.3) is 0 Å². The van der Waals surface area contributed by atoms with E-state index >= 15 is 0 Å². The number of thioether (sulfide) groups is 1. The molecule has 8 heteroatoms. The quantitative estimate of drug-likeness (QED) is 0.872. The minimum atomic E-state index is -3.83. The number of amides is 1. The Kier molecular flexibility index (Phi) is 5.70. The summed E-state index contributed by atoms with van der Waals surface area (Å²) in [5.74, 6) is 0.192. The van der Waals surface area contributed by atoms with Crippen molar-refractivity contribution in [3.8, 4) is 0 Å². The SMILES string of the molecule is Cc1cc(S(=O)(=O)N2CSCC2C(=O)NCC(C)C)ccc1F. The second-order valence-corrected chi connectivity index (χ2v) is 8.85. The molecule has 0 radical (unpaired) electrons. The second-order valence-electron chi connectivity index (χ2n) is 5.96. The average molecular weight is 360 g/mol. The number of sulfonamides is 1. The molecule has 1 aliphatic rings. The molecule has 0 spiro atoms. The number of hydrogen-bond donors (Lipinski definition) is 1. The first-order chi connectivity index (χ1) is 10.7. The van der Waals surface area contributed by atoms with Gasteiger partial charge in [-0.2, -0.15) is 4.31 Å². The van der Waals surface area contributed by atoms with E-state index in [1.54, 1.807) is 0 Å². The van der Waals surface area contributed by atoms with E-state index in [9.17, 15) is 17.6 Å². The number of nitrogens with zero attached hydrogens (tertiary/aromatic N) is 1. The maximum Gasteiger partial charge on any atom is 0.244 e. The molecule has 0 saturated carbocycles. The van der Waals surface area contributed by atoms with Gasteiger partial charge in [-0.05, 0) is 36.6 Å². The average Bonchev–Trinajstić information content (AvgIpc) is 2.97. The van der Waals surface area contributed by atoms with Gasteiger partial charge in [-0.3, -0.25) is 4.79 Å². The highest BCUT2D eigenvalue weighted by molar-refractivity contribution is 8.00. The summed E-state index contributed by atoms with van der Waals surface area (Å²) in [6, 6.07) is 2.95. The molecule has 5 nitrogen and oxygen atoms in total. The Morgan fingerprint density at radius 1 is 1.48 bits per heavy atom. The summed E-state index contributed by atoms with van der Waals surface area (Å²) in [5.41, 5.74) is 0.263.